The number of hydrogen-bond donors (Lipinski definition) is 2. The zero-order valence-corrected chi connectivity index (χ0v) is 14.8. The van der Waals surface area contributed by atoms with Gasteiger partial charge in [-0.05, 0) is 49.6 Å². The van der Waals surface area contributed by atoms with E-state index < -0.39 is 0 Å². The molecule has 0 aliphatic heterocycles. The molecule has 0 atom stereocenters. The van der Waals surface area contributed by atoms with Crippen LogP contribution in [0.4, 0.5) is 0 Å². The van der Waals surface area contributed by atoms with E-state index in [1.165, 1.54) is 0 Å². The summed E-state index contributed by atoms with van der Waals surface area (Å²) in [6.07, 6.45) is 1.69. The highest BCUT2D eigenvalue weighted by molar-refractivity contribution is 5.95. The summed E-state index contributed by atoms with van der Waals surface area (Å²) in [7, 11) is 0. The number of nitrogens with one attached hydrogen (secondary N) is 1. The molecular formula is C22H22N2O2. The third-order valence-corrected chi connectivity index (χ3v) is 4.26. The quantitative estimate of drug-likeness (QED) is 0.660. The van der Waals surface area contributed by atoms with Crippen molar-refractivity contribution in [2.45, 2.75) is 19.8 Å². The third kappa shape index (κ3) is 4.48. The molecule has 0 aliphatic rings. The van der Waals surface area contributed by atoms with Crippen molar-refractivity contribution >= 4 is 5.91 Å². The minimum Gasteiger partial charge on any atom is -0.508 e. The Morgan fingerprint density at radius 1 is 1.00 bits per heavy atom. The highest BCUT2D eigenvalue weighted by atomic mass is 16.3. The second-order valence-electron chi connectivity index (χ2n) is 6.22. The zero-order valence-electron chi connectivity index (χ0n) is 14.8. The van der Waals surface area contributed by atoms with E-state index in [2.05, 4.69) is 10.3 Å². The monoisotopic (exact) mass is 346 g/mol. The molecule has 132 valence electrons. The SMILES string of the molecule is Cc1nc(-c2ccccc2)ccc1C(=O)NCCCc1ccc(O)cc1. The van der Waals surface area contributed by atoms with E-state index in [9.17, 15) is 9.90 Å². The smallest absolute Gasteiger partial charge is 0.253 e. The van der Waals surface area contributed by atoms with Crippen molar-refractivity contribution in [3.63, 3.8) is 0 Å². The van der Waals surface area contributed by atoms with Gasteiger partial charge in [0.1, 0.15) is 5.75 Å². The van der Waals surface area contributed by atoms with Crippen LogP contribution in [-0.2, 0) is 6.42 Å². The van der Waals surface area contributed by atoms with E-state index in [0.29, 0.717) is 12.1 Å². The summed E-state index contributed by atoms with van der Waals surface area (Å²) in [6, 6.07) is 20.8. The molecule has 1 amide bonds. The zero-order chi connectivity index (χ0) is 18.4. The van der Waals surface area contributed by atoms with Gasteiger partial charge in [-0.3, -0.25) is 9.78 Å². The van der Waals surface area contributed by atoms with Crippen molar-refractivity contribution in [3.8, 4) is 17.0 Å². The summed E-state index contributed by atoms with van der Waals surface area (Å²) in [5.74, 6) is 0.171. The normalized spacial score (nSPS) is 10.5. The van der Waals surface area contributed by atoms with Crippen LogP contribution in [0.3, 0.4) is 0 Å². The molecule has 2 N–H and O–H groups in total. The first kappa shape index (κ1) is 17.7. The Balaban J connectivity index is 1.55. The van der Waals surface area contributed by atoms with Crippen molar-refractivity contribution in [2.75, 3.05) is 6.54 Å². The first-order valence-electron chi connectivity index (χ1n) is 8.72. The van der Waals surface area contributed by atoms with Gasteiger partial charge < -0.3 is 10.4 Å². The van der Waals surface area contributed by atoms with Crippen molar-refractivity contribution in [2.24, 2.45) is 0 Å². The molecule has 0 saturated carbocycles. The average Bonchev–Trinajstić information content (AvgIpc) is 2.67. The Labute approximate surface area is 153 Å². The fourth-order valence-corrected chi connectivity index (χ4v) is 2.82. The number of carbonyl (C=O) groups excluding carboxylic acids is 1. The fraction of sp³-hybridized carbons (Fsp3) is 0.182. The molecule has 0 aliphatic carbocycles. The van der Waals surface area contributed by atoms with E-state index in [1.54, 1.807) is 12.1 Å². The first-order valence-corrected chi connectivity index (χ1v) is 8.72. The van der Waals surface area contributed by atoms with Crippen LogP contribution in [-0.4, -0.2) is 22.5 Å². The van der Waals surface area contributed by atoms with Crippen molar-refractivity contribution in [1.29, 1.82) is 0 Å². The lowest BCUT2D eigenvalue weighted by Gasteiger charge is -2.09. The molecular weight excluding hydrogens is 324 g/mol. The highest BCUT2D eigenvalue weighted by Gasteiger charge is 2.11. The van der Waals surface area contributed by atoms with E-state index in [4.69, 9.17) is 0 Å². The number of nitrogens with zero attached hydrogens (tertiary/aromatic N) is 1. The molecule has 0 bridgehead atoms. The van der Waals surface area contributed by atoms with Crippen molar-refractivity contribution in [1.82, 2.24) is 10.3 Å². The predicted molar refractivity (Wildman–Crippen MR) is 103 cm³/mol. The number of phenolic OH excluding ortho intramolecular Hbond substituents is 1. The average molecular weight is 346 g/mol. The molecule has 26 heavy (non-hydrogen) atoms. The fourth-order valence-electron chi connectivity index (χ4n) is 2.82. The summed E-state index contributed by atoms with van der Waals surface area (Å²) in [5, 5.41) is 12.2. The predicted octanol–water partition coefficient (Wildman–Crippen LogP) is 4.13. The van der Waals surface area contributed by atoms with Crippen LogP contribution in [0.25, 0.3) is 11.3 Å². The molecule has 4 heteroatoms. The topological polar surface area (TPSA) is 62.2 Å². The molecule has 3 aromatic rings. The minimum atomic E-state index is -0.0969. The lowest BCUT2D eigenvalue weighted by Crippen LogP contribution is -2.25. The van der Waals surface area contributed by atoms with Crippen LogP contribution in [0, 0.1) is 6.92 Å². The largest absolute Gasteiger partial charge is 0.508 e. The number of rotatable bonds is 6. The molecule has 1 heterocycles. The van der Waals surface area contributed by atoms with Gasteiger partial charge in [0.15, 0.2) is 0 Å². The lowest BCUT2D eigenvalue weighted by atomic mass is 10.1. The van der Waals surface area contributed by atoms with Gasteiger partial charge in [-0.25, -0.2) is 0 Å². The van der Waals surface area contributed by atoms with Crippen LogP contribution < -0.4 is 5.32 Å². The van der Waals surface area contributed by atoms with Gasteiger partial charge in [-0.2, -0.15) is 0 Å². The number of amides is 1. The number of aryl methyl sites for hydroxylation is 2. The lowest BCUT2D eigenvalue weighted by molar-refractivity contribution is 0.0952. The van der Waals surface area contributed by atoms with Gasteiger partial charge in [0.05, 0.1) is 17.0 Å². The Hall–Kier alpha value is -3.14. The molecule has 2 aromatic carbocycles. The highest BCUT2D eigenvalue weighted by Crippen LogP contribution is 2.18. The van der Waals surface area contributed by atoms with Crippen LogP contribution in [0.15, 0.2) is 66.7 Å². The second-order valence-corrected chi connectivity index (χ2v) is 6.22. The number of aromatic hydroxyl groups is 1. The van der Waals surface area contributed by atoms with Crippen molar-refractivity contribution < 1.29 is 9.90 Å². The molecule has 4 nitrogen and oxygen atoms in total. The van der Waals surface area contributed by atoms with E-state index in [1.807, 2.05) is 61.5 Å². The van der Waals surface area contributed by atoms with Crippen LogP contribution in [0.1, 0.15) is 28.0 Å². The minimum absolute atomic E-state index is 0.0969. The van der Waals surface area contributed by atoms with Gasteiger partial charge in [-0.1, -0.05) is 42.5 Å². The maximum atomic E-state index is 12.4. The van der Waals surface area contributed by atoms with Crippen LogP contribution in [0.5, 0.6) is 5.75 Å². The molecule has 0 radical (unpaired) electrons. The molecule has 0 saturated heterocycles. The number of aromatic nitrogens is 1. The Kier molecular flexibility index (Phi) is 5.64. The summed E-state index contributed by atoms with van der Waals surface area (Å²) in [6.45, 7) is 2.46. The Morgan fingerprint density at radius 3 is 2.42 bits per heavy atom. The Bertz CT molecular complexity index is 874. The standard InChI is InChI=1S/C22H22N2O2/c1-16-20(13-14-21(24-16)18-7-3-2-4-8-18)22(26)23-15-5-6-17-9-11-19(25)12-10-17/h2-4,7-14,25H,5-6,15H2,1H3,(H,23,26). The van der Waals surface area contributed by atoms with Gasteiger partial charge >= 0.3 is 0 Å². The van der Waals surface area contributed by atoms with Crippen LogP contribution >= 0.6 is 0 Å². The first-order chi connectivity index (χ1) is 12.6. The molecule has 0 spiro atoms. The van der Waals surface area contributed by atoms with E-state index in [-0.39, 0.29) is 11.7 Å². The molecule has 0 unspecified atom stereocenters. The third-order valence-electron chi connectivity index (χ3n) is 4.26. The summed E-state index contributed by atoms with van der Waals surface area (Å²) < 4.78 is 0. The van der Waals surface area contributed by atoms with Gasteiger partial charge in [-0.15, -0.1) is 0 Å². The van der Waals surface area contributed by atoms with Gasteiger partial charge in [0, 0.05) is 12.1 Å². The number of phenols is 1. The number of hydrogen-bond acceptors (Lipinski definition) is 3. The van der Waals surface area contributed by atoms with E-state index in [0.717, 1.165) is 35.4 Å². The maximum Gasteiger partial charge on any atom is 0.253 e. The second kappa shape index (κ2) is 8.30. The van der Waals surface area contributed by atoms with Gasteiger partial charge in [0.2, 0.25) is 0 Å². The Morgan fingerprint density at radius 2 is 1.73 bits per heavy atom. The summed E-state index contributed by atoms with van der Waals surface area (Å²) >= 11 is 0. The molecule has 3 rings (SSSR count). The van der Waals surface area contributed by atoms with Gasteiger partial charge in [0.25, 0.3) is 5.91 Å². The number of carbonyl (C=O) groups is 1. The van der Waals surface area contributed by atoms with E-state index >= 15 is 0 Å². The summed E-state index contributed by atoms with van der Waals surface area (Å²) in [4.78, 5) is 16.9. The summed E-state index contributed by atoms with van der Waals surface area (Å²) in [5.41, 5.74) is 4.38. The number of pyridine rings is 1. The number of benzene rings is 2. The maximum absolute atomic E-state index is 12.4. The van der Waals surface area contributed by atoms with Crippen molar-refractivity contribution in [3.05, 3.63) is 83.6 Å². The molecule has 0 fully saturated rings. The van der Waals surface area contributed by atoms with Crippen LogP contribution in [0.2, 0.25) is 0 Å². The molecule has 1 aromatic heterocycles.